The molecule has 18 heavy (non-hydrogen) atoms. The van der Waals surface area contributed by atoms with Gasteiger partial charge in [-0.05, 0) is 18.8 Å². The lowest BCUT2D eigenvalue weighted by Crippen LogP contribution is -2.05. The first-order valence-electron chi connectivity index (χ1n) is 6.24. The minimum atomic E-state index is -0.399. The van der Waals surface area contributed by atoms with Gasteiger partial charge in [0.15, 0.2) is 0 Å². The fraction of sp³-hybridized carbons (Fsp3) is 0.538. The molecule has 2 unspecified atom stereocenters. The number of nitrogens with zero attached hydrogens (tertiary/aromatic N) is 1. The van der Waals surface area contributed by atoms with Crippen LogP contribution in [0.15, 0.2) is 18.2 Å². The van der Waals surface area contributed by atoms with Crippen molar-refractivity contribution >= 4 is 11.4 Å². The maximum Gasteiger partial charge on any atom is 0.275 e. The van der Waals surface area contributed by atoms with Crippen molar-refractivity contribution in [2.24, 2.45) is 5.92 Å². The van der Waals surface area contributed by atoms with Crippen molar-refractivity contribution in [2.45, 2.75) is 32.2 Å². The molecule has 1 aliphatic carbocycles. The zero-order chi connectivity index (χ0) is 13.1. The molecule has 0 bridgehead atoms. The van der Waals surface area contributed by atoms with E-state index >= 15 is 0 Å². The number of nitro groups is 1. The summed E-state index contributed by atoms with van der Waals surface area (Å²) in [7, 11) is 1.51. The topological polar surface area (TPSA) is 64.4 Å². The highest BCUT2D eigenvalue weighted by Crippen LogP contribution is 2.38. The summed E-state index contributed by atoms with van der Waals surface area (Å²) in [6, 6.07) is 5.25. The average molecular weight is 250 g/mol. The molecule has 1 fully saturated rings. The van der Waals surface area contributed by atoms with E-state index in [9.17, 15) is 10.1 Å². The Morgan fingerprint density at radius 3 is 2.89 bits per heavy atom. The van der Waals surface area contributed by atoms with Gasteiger partial charge in [0.2, 0.25) is 0 Å². The van der Waals surface area contributed by atoms with Crippen LogP contribution in [0.3, 0.4) is 0 Å². The fourth-order valence-corrected chi connectivity index (χ4v) is 2.22. The maximum absolute atomic E-state index is 10.8. The van der Waals surface area contributed by atoms with Crippen LogP contribution < -0.4 is 10.1 Å². The molecule has 1 aliphatic rings. The predicted molar refractivity (Wildman–Crippen MR) is 70.1 cm³/mol. The number of hydrogen-bond donors (Lipinski definition) is 1. The van der Waals surface area contributed by atoms with E-state index in [0.29, 0.717) is 17.7 Å². The molecule has 0 aromatic heterocycles. The van der Waals surface area contributed by atoms with Crippen LogP contribution in [0.2, 0.25) is 0 Å². The number of nitro benzene ring substituents is 1. The van der Waals surface area contributed by atoms with Crippen molar-refractivity contribution in [1.29, 1.82) is 0 Å². The highest BCUT2D eigenvalue weighted by Gasteiger charge is 2.36. The van der Waals surface area contributed by atoms with Gasteiger partial charge in [-0.2, -0.15) is 0 Å². The summed E-state index contributed by atoms with van der Waals surface area (Å²) >= 11 is 0. The number of anilines is 1. The van der Waals surface area contributed by atoms with Gasteiger partial charge in [-0.25, -0.2) is 0 Å². The third kappa shape index (κ3) is 2.91. The Hall–Kier alpha value is -1.78. The Kier molecular flexibility index (Phi) is 3.69. The third-order valence-corrected chi connectivity index (χ3v) is 3.27. The van der Waals surface area contributed by atoms with Gasteiger partial charge in [0, 0.05) is 23.9 Å². The number of ether oxygens (including phenoxy) is 1. The van der Waals surface area contributed by atoms with Gasteiger partial charge in [-0.1, -0.05) is 13.3 Å². The molecule has 2 rings (SSSR count). The van der Waals surface area contributed by atoms with E-state index in [4.69, 9.17) is 4.74 Å². The van der Waals surface area contributed by atoms with Crippen LogP contribution in [-0.4, -0.2) is 18.1 Å². The first kappa shape index (κ1) is 12.7. The highest BCUT2D eigenvalue weighted by atomic mass is 16.6. The van der Waals surface area contributed by atoms with Gasteiger partial charge in [-0.3, -0.25) is 10.1 Å². The lowest BCUT2D eigenvalue weighted by Gasteiger charge is -2.08. The van der Waals surface area contributed by atoms with Crippen LogP contribution in [-0.2, 0) is 0 Å². The molecule has 0 radical (unpaired) electrons. The molecule has 1 aromatic carbocycles. The Morgan fingerprint density at radius 2 is 2.28 bits per heavy atom. The molecular weight excluding hydrogens is 232 g/mol. The highest BCUT2D eigenvalue weighted by molar-refractivity contribution is 5.57. The van der Waals surface area contributed by atoms with E-state index in [2.05, 4.69) is 12.2 Å². The van der Waals surface area contributed by atoms with Crippen LogP contribution >= 0.6 is 0 Å². The van der Waals surface area contributed by atoms with E-state index in [0.717, 1.165) is 12.1 Å². The van der Waals surface area contributed by atoms with E-state index in [-0.39, 0.29) is 5.69 Å². The SMILES string of the molecule is CCCC1CC1Nc1cc(OC)cc([N+](=O)[O-])c1. The van der Waals surface area contributed by atoms with Gasteiger partial charge in [0.25, 0.3) is 5.69 Å². The molecule has 0 saturated heterocycles. The zero-order valence-electron chi connectivity index (χ0n) is 10.7. The summed E-state index contributed by atoms with van der Waals surface area (Å²) in [5.41, 5.74) is 0.828. The second-order valence-corrected chi connectivity index (χ2v) is 4.71. The molecule has 1 aromatic rings. The van der Waals surface area contributed by atoms with Crippen LogP contribution in [0.1, 0.15) is 26.2 Å². The molecule has 0 aliphatic heterocycles. The summed E-state index contributed by atoms with van der Waals surface area (Å²) in [4.78, 5) is 10.4. The minimum absolute atomic E-state index is 0.0598. The number of rotatable bonds is 6. The van der Waals surface area contributed by atoms with Crippen LogP contribution in [0.4, 0.5) is 11.4 Å². The largest absolute Gasteiger partial charge is 0.496 e. The van der Waals surface area contributed by atoms with Crippen molar-refractivity contribution in [3.05, 3.63) is 28.3 Å². The van der Waals surface area contributed by atoms with Gasteiger partial charge >= 0.3 is 0 Å². The van der Waals surface area contributed by atoms with Crippen molar-refractivity contribution in [2.75, 3.05) is 12.4 Å². The molecule has 98 valence electrons. The maximum atomic E-state index is 10.8. The Labute approximate surface area is 106 Å². The summed E-state index contributed by atoms with van der Waals surface area (Å²) in [6.45, 7) is 2.17. The molecule has 0 amide bonds. The second kappa shape index (κ2) is 5.25. The van der Waals surface area contributed by atoms with E-state index < -0.39 is 4.92 Å². The molecule has 1 N–H and O–H groups in total. The Balaban J connectivity index is 2.08. The van der Waals surface area contributed by atoms with Crippen LogP contribution in [0.5, 0.6) is 5.75 Å². The third-order valence-electron chi connectivity index (χ3n) is 3.27. The van der Waals surface area contributed by atoms with Crippen molar-refractivity contribution in [3.63, 3.8) is 0 Å². The molecule has 2 atom stereocenters. The van der Waals surface area contributed by atoms with Gasteiger partial charge in [0.05, 0.1) is 18.1 Å². The summed E-state index contributed by atoms with van der Waals surface area (Å²) < 4.78 is 5.08. The van der Waals surface area contributed by atoms with Crippen LogP contribution in [0.25, 0.3) is 0 Å². The standard InChI is InChI=1S/C13H18N2O3/c1-3-4-9-5-13(9)14-10-6-11(15(16)17)8-12(7-10)18-2/h6-9,13-14H,3-5H2,1-2H3. The Bertz CT molecular complexity index is 448. The molecule has 5 nitrogen and oxygen atoms in total. The van der Waals surface area contributed by atoms with E-state index in [1.807, 2.05) is 0 Å². The van der Waals surface area contributed by atoms with Crippen molar-refractivity contribution in [3.8, 4) is 5.75 Å². The summed E-state index contributed by atoms with van der Waals surface area (Å²) in [5.74, 6) is 1.22. The molecule has 5 heteroatoms. The average Bonchev–Trinajstić information content (AvgIpc) is 3.07. The smallest absolute Gasteiger partial charge is 0.275 e. The van der Waals surface area contributed by atoms with Gasteiger partial charge in [-0.15, -0.1) is 0 Å². The molecule has 0 spiro atoms. The van der Waals surface area contributed by atoms with E-state index in [1.54, 1.807) is 12.1 Å². The van der Waals surface area contributed by atoms with E-state index in [1.165, 1.54) is 26.0 Å². The number of nitrogens with one attached hydrogen (secondary N) is 1. The van der Waals surface area contributed by atoms with Gasteiger partial charge < -0.3 is 10.1 Å². The van der Waals surface area contributed by atoms with Crippen molar-refractivity contribution in [1.82, 2.24) is 0 Å². The fourth-order valence-electron chi connectivity index (χ4n) is 2.22. The predicted octanol–water partition coefficient (Wildman–Crippen LogP) is 3.20. The summed E-state index contributed by atoms with van der Waals surface area (Å²) in [6.07, 6.45) is 3.55. The van der Waals surface area contributed by atoms with Crippen LogP contribution in [0, 0.1) is 16.0 Å². The number of benzene rings is 1. The van der Waals surface area contributed by atoms with Crippen molar-refractivity contribution < 1.29 is 9.66 Å². The Morgan fingerprint density at radius 1 is 1.50 bits per heavy atom. The number of hydrogen-bond acceptors (Lipinski definition) is 4. The first-order chi connectivity index (χ1) is 8.63. The lowest BCUT2D eigenvalue weighted by molar-refractivity contribution is -0.384. The summed E-state index contributed by atoms with van der Waals surface area (Å²) in [5, 5.41) is 14.1. The zero-order valence-corrected chi connectivity index (χ0v) is 10.7. The van der Waals surface area contributed by atoms with Gasteiger partial charge in [0.1, 0.15) is 5.75 Å². The lowest BCUT2D eigenvalue weighted by atomic mass is 10.2. The monoisotopic (exact) mass is 250 g/mol. The molecule has 1 saturated carbocycles. The molecule has 0 heterocycles. The number of methoxy groups -OCH3 is 1. The number of non-ortho nitro benzene ring substituents is 1. The second-order valence-electron chi connectivity index (χ2n) is 4.71. The first-order valence-corrected chi connectivity index (χ1v) is 6.24. The molecular formula is C13H18N2O3. The normalized spacial score (nSPS) is 21.4. The minimum Gasteiger partial charge on any atom is -0.496 e. The quantitative estimate of drug-likeness (QED) is 0.622.